The number of amides is 2. The maximum absolute atomic E-state index is 12.4. The maximum atomic E-state index is 12.4. The minimum Gasteiger partial charge on any atom is -0.252 e. The van der Waals surface area contributed by atoms with Crippen molar-refractivity contribution in [3.63, 3.8) is 0 Å². The fourth-order valence-electron chi connectivity index (χ4n) is 2.46. The van der Waals surface area contributed by atoms with Crippen LogP contribution in [0, 0.1) is 6.92 Å². The molecule has 0 heterocycles. The number of sulfonamides is 1. The van der Waals surface area contributed by atoms with Crippen molar-refractivity contribution >= 4 is 27.4 Å². The number of nitrogens with one attached hydrogen (secondary N) is 2. The average molecular weight is 381 g/mol. The van der Waals surface area contributed by atoms with Crippen molar-refractivity contribution in [3.05, 3.63) is 90.5 Å². The lowest BCUT2D eigenvalue weighted by Crippen LogP contribution is -2.47. The average Bonchev–Trinajstić information content (AvgIpc) is 2.67. The van der Waals surface area contributed by atoms with Gasteiger partial charge in [-0.2, -0.15) is 0 Å². The Morgan fingerprint density at radius 2 is 1.26 bits per heavy atom. The summed E-state index contributed by atoms with van der Waals surface area (Å²) < 4.78 is 26.9. The molecule has 0 unspecified atom stereocenters. The first-order valence-corrected chi connectivity index (χ1v) is 9.74. The lowest BCUT2D eigenvalue weighted by molar-refractivity contribution is 0.246. The van der Waals surface area contributed by atoms with E-state index < -0.39 is 16.1 Å². The van der Waals surface area contributed by atoms with Crippen LogP contribution in [0.15, 0.2) is 89.8 Å². The molecule has 3 aromatic carbocycles. The van der Waals surface area contributed by atoms with Crippen molar-refractivity contribution in [2.75, 3.05) is 5.01 Å². The summed E-state index contributed by atoms with van der Waals surface area (Å²) >= 11 is 0. The highest BCUT2D eigenvalue weighted by molar-refractivity contribution is 7.90. The fourth-order valence-corrected chi connectivity index (χ4v) is 3.36. The van der Waals surface area contributed by atoms with Gasteiger partial charge < -0.3 is 0 Å². The summed E-state index contributed by atoms with van der Waals surface area (Å²) in [6.07, 6.45) is 0. The first-order chi connectivity index (χ1) is 13.0. The van der Waals surface area contributed by atoms with E-state index in [1.165, 1.54) is 17.1 Å². The minimum absolute atomic E-state index is 0.0224. The predicted molar refractivity (Wildman–Crippen MR) is 105 cm³/mol. The van der Waals surface area contributed by atoms with Crippen LogP contribution in [-0.2, 0) is 10.0 Å². The third-order valence-corrected chi connectivity index (χ3v) is 5.15. The molecule has 3 rings (SSSR count). The van der Waals surface area contributed by atoms with E-state index in [2.05, 4.69) is 5.43 Å². The number of rotatable bonds is 5. The second-order valence-corrected chi connectivity index (χ2v) is 7.55. The summed E-state index contributed by atoms with van der Waals surface area (Å²) in [5, 5.41) is 1.51. The third-order valence-electron chi connectivity index (χ3n) is 3.80. The lowest BCUT2D eigenvalue weighted by Gasteiger charge is -2.25. The number of hydrazine groups is 1. The maximum Gasteiger partial charge on any atom is 0.347 e. The second-order valence-electron chi connectivity index (χ2n) is 5.87. The van der Waals surface area contributed by atoms with Crippen molar-refractivity contribution in [1.29, 1.82) is 0 Å². The molecule has 27 heavy (non-hydrogen) atoms. The summed E-state index contributed by atoms with van der Waals surface area (Å²) in [4.78, 5) is 12.4. The molecule has 0 spiro atoms. The van der Waals surface area contributed by atoms with Crippen LogP contribution in [0.2, 0.25) is 0 Å². The topological polar surface area (TPSA) is 78.5 Å². The van der Waals surface area contributed by atoms with Gasteiger partial charge in [0.25, 0.3) is 10.0 Å². The summed E-state index contributed by atoms with van der Waals surface area (Å²) in [5.41, 5.74) is 4.89. The molecule has 0 bridgehead atoms. The zero-order chi connectivity index (χ0) is 19.3. The molecule has 0 atom stereocenters. The van der Waals surface area contributed by atoms with Gasteiger partial charge in [-0.15, -0.1) is 0 Å². The van der Waals surface area contributed by atoms with Gasteiger partial charge >= 0.3 is 6.03 Å². The number of hydrogen-bond acceptors (Lipinski definition) is 4. The standard InChI is InChI=1S/C20H19N3O3S/c1-16-12-14-19(15-13-16)27(25,26)22-20(24)21-23(17-8-4-2-5-9-17)18-10-6-3-7-11-18/h2-15H,1H3,(H2,21,22,24). The minimum atomic E-state index is -3.97. The number of benzene rings is 3. The molecule has 0 aromatic heterocycles. The van der Waals surface area contributed by atoms with Crippen molar-refractivity contribution in [2.24, 2.45) is 0 Å². The molecule has 0 fully saturated rings. The van der Waals surface area contributed by atoms with Gasteiger partial charge in [-0.25, -0.2) is 23.4 Å². The van der Waals surface area contributed by atoms with Crippen LogP contribution < -0.4 is 15.2 Å². The number of carbonyl (C=O) groups is 1. The molecule has 3 aromatic rings. The van der Waals surface area contributed by atoms with Gasteiger partial charge in [0.1, 0.15) is 0 Å². The van der Waals surface area contributed by atoms with Crippen LogP contribution in [-0.4, -0.2) is 14.4 Å². The lowest BCUT2D eigenvalue weighted by atomic mass is 10.2. The van der Waals surface area contributed by atoms with E-state index in [1.54, 1.807) is 12.1 Å². The van der Waals surface area contributed by atoms with Gasteiger partial charge in [-0.3, -0.25) is 5.01 Å². The Balaban J connectivity index is 1.82. The number of hydrogen-bond donors (Lipinski definition) is 2. The molecular formula is C20H19N3O3S. The van der Waals surface area contributed by atoms with Crippen LogP contribution in [0.3, 0.4) is 0 Å². The quantitative estimate of drug-likeness (QED) is 0.660. The number of nitrogens with zero attached hydrogens (tertiary/aromatic N) is 1. The molecule has 0 aliphatic heterocycles. The Bertz CT molecular complexity index is 966. The van der Waals surface area contributed by atoms with Gasteiger partial charge in [0.05, 0.1) is 16.3 Å². The molecule has 7 heteroatoms. The highest BCUT2D eigenvalue weighted by Crippen LogP contribution is 2.22. The summed E-state index contributed by atoms with van der Waals surface area (Å²) in [6, 6.07) is 23.6. The summed E-state index contributed by atoms with van der Waals surface area (Å²) in [7, 11) is -3.97. The zero-order valence-electron chi connectivity index (χ0n) is 14.7. The van der Waals surface area contributed by atoms with E-state index in [-0.39, 0.29) is 4.90 Å². The third kappa shape index (κ3) is 4.65. The smallest absolute Gasteiger partial charge is 0.252 e. The molecular weight excluding hydrogens is 362 g/mol. The van der Waals surface area contributed by atoms with E-state index in [0.29, 0.717) is 11.4 Å². The second kappa shape index (κ2) is 7.92. The number of anilines is 2. The highest BCUT2D eigenvalue weighted by atomic mass is 32.2. The molecule has 0 aliphatic carbocycles. The fraction of sp³-hybridized carbons (Fsp3) is 0.0500. The van der Waals surface area contributed by atoms with Crippen LogP contribution in [0.5, 0.6) is 0 Å². The van der Waals surface area contributed by atoms with E-state index in [0.717, 1.165) is 5.56 Å². The van der Waals surface area contributed by atoms with Crippen molar-refractivity contribution in [2.45, 2.75) is 11.8 Å². The normalized spacial score (nSPS) is 10.9. The molecule has 2 amide bonds. The molecule has 0 aliphatic rings. The largest absolute Gasteiger partial charge is 0.347 e. The van der Waals surface area contributed by atoms with E-state index in [4.69, 9.17) is 0 Å². The van der Waals surface area contributed by atoms with Crippen molar-refractivity contribution in [3.8, 4) is 0 Å². The first kappa shape index (κ1) is 18.5. The van der Waals surface area contributed by atoms with Gasteiger partial charge in [-0.1, -0.05) is 54.1 Å². The first-order valence-electron chi connectivity index (χ1n) is 8.26. The van der Waals surface area contributed by atoms with Crippen molar-refractivity contribution in [1.82, 2.24) is 10.1 Å². The number of aryl methyl sites for hydroxylation is 1. The number of para-hydroxylation sites is 2. The Kier molecular flexibility index (Phi) is 5.42. The Labute approximate surface area is 158 Å². The van der Waals surface area contributed by atoms with Crippen molar-refractivity contribution < 1.29 is 13.2 Å². The molecule has 0 saturated heterocycles. The number of carbonyl (C=O) groups excluding carboxylic acids is 1. The van der Waals surface area contributed by atoms with Gasteiger partial charge in [-0.05, 0) is 43.3 Å². The Morgan fingerprint density at radius 1 is 0.778 bits per heavy atom. The SMILES string of the molecule is Cc1ccc(S(=O)(=O)NC(=O)NN(c2ccccc2)c2ccccc2)cc1. The van der Waals surface area contributed by atoms with Gasteiger partial charge in [0.15, 0.2) is 0 Å². The van der Waals surface area contributed by atoms with E-state index >= 15 is 0 Å². The molecule has 0 saturated carbocycles. The Hall–Kier alpha value is -3.32. The molecule has 138 valence electrons. The predicted octanol–water partition coefficient (Wildman–Crippen LogP) is 3.74. The molecule has 6 nitrogen and oxygen atoms in total. The monoisotopic (exact) mass is 381 g/mol. The zero-order valence-corrected chi connectivity index (χ0v) is 15.5. The summed E-state index contributed by atoms with van der Waals surface area (Å²) in [6.45, 7) is 1.86. The van der Waals surface area contributed by atoms with Crippen LogP contribution in [0.25, 0.3) is 0 Å². The van der Waals surface area contributed by atoms with E-state index in [9.17, 15) is 13.2 Å². The van der Waals surface area contributed by atoms with Crippen LogP contribution in [0.4, 0.5) is 16.2 Å². The van der Waals surface area contributed by atoms with Crippen LogP contribution >= 0.6 is 0 Å². The highest BCUT2D eigenvalue weighted by Gasteiger charge is 2.20. The van der Waals surface area contributed by atoms with Gasteiger partial charge in [0, 0.05) is 0 Å². The molecule has 2 N–H and O–H groups in total. The Morgan fingerprint density at radius 3 is 1.74 bits per heavy atom. The molecule has 0 radical (unpaired) electrons. The summed E-state index contributed by atoms with van der Waals surface area (Å²) in [5.74, 6) is 0. The van der Waals surface area contributed by atoms with Crippen LogP contribution in [0.1, 0.15) is 5.56 Å². The van der Waals surface area contributed by atoms with E-state index in [1.807, 2.05) is 72.3 Å². The van der Waals surface area contributed by atoms with Gasteiger partial charge in [0.2, 0.25) is 0 Å². The number of urea groups is 1.